The van der Waals surface area contributed by atoms with Crippen LogP contribution in [0.1, 0.15) is 84.0 Å². The van der Waals surface area contributed by atoms with E-state index in [9.17, 15) is 9.59 Å². The number of nitrogens with one attached hydrogen (secondary N) is 1. The monoisotopic (exact) mass is 395 g/mol. The summed E-state index contributed by atoms with van der Waals surface area (Å²) in [5.74, 6) is -0.321. The SMILES string of the molecule is CCCCCCCCCCCOC(=O)CCCC(=O)Nc1ccc(Cl)cc1. The fourth-order valence-corrected chi connectivity index (χ4v) is 2.95. The van der Waals surface area contributed by atoms with E-state index >= 15 is 0 Å². The molecule has 27 heavy (non-hydrogen) atoms. The maximum Gasteiger partial charge on any atom is 0.305 e. The van der Waals surface area contributed by atoms with Crippen molar-refractivity contribution in [3.63, 3.8) is 0 Å². The van der Waals surface area contributed by atoms with Gasteiger partial charge in [-0.3, -0.25) is 9.59 Å². The van der Waals surface area contributed by atoms with Crippen LogP contribution in [0.15, 0.2) is 24.3 Å². The Labute approximate surface area is 169 Å². The molecular formula is C22H34ClNO3. The predicted molar refractivity (Wildman–Crippen MR) is 112 cm³/mol. The van der Waals surface area contributed by atoms with E-state index < -0.39 is 0 Å². The first kappa shape index (κ1) is 23.5. The molecule has 1 amide bonds. The van der Waals surface area contributed by atoms with Gasteiger partial charge in [0, 0.05) is 23.6 Å². The Morgan fingerprint density at radius 2 is 1.44 bits per heavy atom. The van der Waals surface area contributed by atoms with E-state index in [0.717, 1.165) is 12.8 Å². The summed E-state index contributed by atoms with van der Waals surface area (Å²) >= 11 is 5.80. The Bertz CT molecular complexity index is 531. The number of anilines is 1. The van der Waals surface area contributed by atoms with Gasteiger partial charge in [0.2, 0.25) is 5.91 Å². The third kappa shape index (κ3) is 13.3. The predicted octanol–water partition coefficient (Wildman–Crippen LogP) is 6.52. The van der Waals surface area contributed by atoms with Gasteiger partial charge in [-0.15, -0.1) is 0 Å². The summed E-state index contributed by atoms with van der Waals surface area (Å²) in [5, 5.41) is 3.41. The van der Waals surface area contributed by atoms with Gasteiger partial charge in [0.15, 0.2) is 0 Å². The van der Waals surface area contributed by atoms with Crippen LogP contribution in [0.3, 0.4) is 0 Å². The van der Waals surface area contributed by atoms with Gasteiger partial charge in [-0.2, -0.15) is 0 Å². The van der Waals surface area contributed by atoms with E-state index in [0.29, 0.717) is 30.2 Å². The molecular weight excluding hydrogens is 362 g/mol. The largest absolute Gasteiger partial charge is 0.466 e. The Kier molecular flexibility index (Phi) is 13.5. The standard InChI is InChI=1S/C22H34ClNO3/c1-2-3-4-5-6-7-8-9-10-18-27-22(26)13-11-12-21(25)24-20-16-14-19(23)15-17-20/h14-17H,2-13,18H2,1H3,(H,24,25). The van der Waals surface area contributed by atoms with Crippen LogP contribution in [-0.2, 0) is 14.3 Å². The molecule has 0 spiro atoms. The van der Waals surface area contributed by atoms with Crippen molar-refractivity contribution in [3.05, 3.63) is 29.3 Å². The van der Waals surface area contributed by atoms with Gasteiger partial charge in [-0.05, 0) is 37.1 Å². The first-order valence-electron chi connectivity index (χ1n) is 10.3. The molecule has 152 valence electrons. The minimum atomic E-state index is -0.214. The highest BCUT2D eigenvalue weighted by Crippen LogP contribution is 2.14. The lowest BCUT2D eigenvalue weighted by molar-refractivity contribution is -0.143. The van der Waals surface area contributed by atoms with Crippen molar-refractivity contribution in [2.45, 2.75) is 84.0 Å². The van der Waals surface area contributed by atoms with Crippen molar-refractivity contribution in [2.75, 3.05) is 11.9 Å². The molecule has 0 heterocycles. The van der Waals surface area contributed by atoms with Crippen molar-refractivity contribution in [1.29, 1.82) is 0 Å². The molecule has 0 aliphatic carbocycles. The minimum Gasteiger partial charge on any atom is -0.466 e. The summed E-state index contributed by atoms with van der Waals surface area (Å²) in [6, 6.07) is 6.95. The number of carbonyl (C=O) groups is 2. The lowest BCUT2D eigenvalue weighted by Crippen LogP contribution is -2.12. The van der Waals surface area contributed by atoms with Gasteiger partial charge >= 0.3 is 5.97 Å². The van der Waals surface area contributed by atoms with Crippen LogP contribution >= 0.6 is 11.6 Å². The Morgan fingerprint density at radius 1 is 0.852 bits per heavy atom. The summed E-state index contributed by atoms with van der Waals surface area (Å²) in [6.45, 7) is 2.73. The van der Waals surface area contributed by atoms with Crippen LogP contribution in [0.4, 0.5) is 5.69 Å². The topological polar surface area (TPSA) is 55.4 Å². The third-order valence-corrected chi connectivity index (χ3v) is 4.68. The number of amides is 1. The van der Waals surface area contributed by atoms with Gasteiger partial charge < -0.3 is 10.1 Å². The minimum absolute atomic E-state index is 0.107. The van der Waals surface area contributed by atoms with Crippen molar-refractivity contribution >= 4 is 29.2 Å². The van der Waals surface area contributed by atoms with Crippen molar-refractivity contribution in [1.82, 2.24) is 0 Å². The average molecular weight is 396 g/mol. The summed E-state index contributed by atoms with van der Waals surface area (Å²) < 4.78 is 5.23. The van der Waals surface area contributed by atoms with E-state index in [1.165, 1.54) is 44.9 Å². The maximum absolute atomic E-state index is 11.8. The highest BCUT2D eigenvalue weighted by atomic mass is 35.5. The number of halogens is 1. The maximum atomic E-state index is 11.8. The summed E-state index contributed by atoms with van der Waals surface area (Å²) in [6.07, 6.45) is 12.3. The molecule has 0 aromatic heterocycles. The van der Waals surface area contributed by atoms with Crippen LogP contribution in [-0.4, -0.2) is 18.5 Å². The van der Waals surface area contributed by atoms with E-state index in [-0.39, 0.29) is 18.3 Å². The number of carbonyl (C=O) groups excluding carboxylic acids is 2. The number of benzene rings is 1. The zero-order chi connectivity index (χ0) is 19.7. The molecule has 0 saturated heterocycles. The molecule has 0 saturated carbocycles. The average Bonchev–Trinajstić information content (AvgIpc) is 2.65. The fraction of sp³-hybridized carbons (Fsp3) is 0.636. The number of hydrogen-bond acceptors (Lipinski definition) is 3. The number of unbranched alkanes of at least 4 members (excludes halogenated alkanes) is 8. The van der Waals surface area contributed by atoms with E-state index in [1.54, 1.807) is 24.3 Å². The van der Waals surface area contributed by atoms with Gasteiger partial charge in [-0.1, -0.05) is 69.9 Å². The highest BCUT2D eigenvalue weighted by Gasteiger charge is 2.07. The zero-order valence-electron chi connectivity index (χ0n) is 16.6. The zero-order valence-corrected chi connectivity index (χ0v) is 17.4. The summed E-state index contributed by atoms with van der Waals surface area (Å²) in [7, 11) is 0. The van der Waals surface area contributed by atoms with Crippen LogP contribution in [0.5, 0.6) is 0 Å². The molecule has 0 unspecified atom stereocenters. The first-order chi connectivity index (χ1) is 13.1. The van der Waals surface area contributed by atoms with Crippen molar-refractivity contribution in [3.8, 4) is 0 Å². The van der Waals surface area contributed by atoms with Gasteiger partial charge in [0.05, 0.1) is 6.61 Å². The van der Waals surface area contributed by atoms with Crippen molar-refractivity contribution in [2.24, 2.45) is 0 Å². The van der Waals surface area contributed by atoms with Crippen LogP contribution in [0, 0.1) is 0 Å². The van der Waals surface area contributed by atoms with Gasteiger partial charge in [0.1, 0.15) is 0 Å². The first-order valence-corrected chi connectivity index (χ1v) is 10.7. The van der Waals surface area contributed by atoms with E-state index in [4.69, 9.17) is 16.3 Å². The number of hydrogen-bond donors (Lipinski definition) is 1. The van der Waals surface area contributed by atoms with Crippen LogP contribution in [0.2, 0.25) is 5.02 Å². The lowest BCUT2D eigenvalue weighted by Gasteiger charge is -2.06. The third-order valence-electron chi connectivity index (χ3n) is 4.42. The number of rotatable bonds is 15. The second-order valence-electron chi connectivity index (χ2n) is 6.96. The Hall–Kier alpha value is -1.55. The van der Waals surface area contributed by atoms with E-state index in [1.807, 2.05) is 0 Å². The molecule has 0 radical (unpaired) electrons. The van der Waals surface area contributed by atoms with Gasteiger partial charge in [0.25, 0.3) is 0 Å². The van der Waals surface area contributed by atoms with Crippen molar-refractivity contribution < 1.29 is 14.3 Å². The molecule has 0 bridgehead atoms. The normalized spacial score (nSPS) is 10.6. The molecule has 1 N–H and O–H groups in total. The van der Waals surface area contributed by atoms with Gasteiger partial charge in [-0.25, -0.2) is 0 Å². The molecule has 0 aliphatic rings. The molecule has 1 rings (SSSR count). The number of ether oxygens (including phenoxy) is 1. The Balaban J connectivity index is 1.93. The lowest BCUT2D eigenvalue weighted by atomic mass is 10.1. The second-order valence-corrected chi connectivity index (χ2v) is 7.39. The summed E-state index contributed by atoms with van der Waals surface area (Å²) in [5.41, 5.74) is 0.706. The van der Waals surface area contributed by atoms with E-state index in [2.05, 4.69) is 12.2 Å². The highest BCUT2D eigenvalue weighted by molar-refractivity contribution is 6.30. The molecule has 0 aliphatic heterocycles. The number of esters is 1. The van der Waals surface area contributed by atoms with Crippen LogP contribution in [0.25, 0.3) is 0 Å². The fourth-order valence-electron chi connectivity index (χ4n) is 2.82. The Morgan fingerprint density at radius 3 is 2.07 bits per heavy atom. The summed E-state index contributed by atoms with van der Waals surface area (Å²) in [4.78, 5) is 23.5. The molecule has 1 aromatic rings. The quantitative estimate of drug-likeness (QED) is 0.271. The molecule has 0 atom stereocenters. The molecule has 5 heteroatoms. The molecule has 1 aromatic carbocycles. The molecule has 0 fully saturated rings. The smallest absolute Gasteiger partial charge is 0.305 e. The van der Waals surface area contributed by atoms with Crippen LogP contribution < -0.4 is 5.32 Å². The molecule has 4 nitrogen and oxygen atoms in total. The second kappa shape index (κ2) is 15.5.